The molecule has 4 heteroatoms. The van der Waals surface area contributed by atoms with E-state index in [9.17, 15) is 0 Å². The minimum absolute atomic E-state index is 0.0379. The lowest BCUT2D eigenvalue weighted by molar-refractivity contribution is 0.398. The number of hydrogen-bond acceptors (Lipinski definition) is 4. The van der Waals surface area contributed by atoms with Gasteiger partial charge in [-0.15, -0.1) is 0 Å². The lowest BCUT2D eigenvalue weighted by Crippen LogP contribution is -2.26. The van der Waals surface area contributed by atoms with Crippen LogP contribution in [0, 0.1) is 5.92 Å². The first-order valence-corrected chi connectivity index (χ1v) is 28.7. The molecule has 0 fully saturated rings. The highest BCUT2D eigenvalue weighted by molar-refractivity contribution is 5.87. The standard InChI is InChI=1S/C69H82N4/c1-6-8-10-12-16-25-44-69(45-26-17-13-11-9-7-2)62-48-56(54-35-27-32-52(46-54)31-20-15-14-19-28-51-29-21-18-22-30-51)38-41-60(62)61-42-39-57(49-63(61)69)64-43-40-59(50-70-64)66-71-65(72-67(73-66)68(3,4)5)58-37-36-53-33-23-24-34-55(53)47-58/h18,21-24,27,29-30,32-43,47-50,52H,6-17,19-20,25-26,28,31,44-46H2,1-5H3. The molecule has 0 aliphatic heterocycles. The van der Waals surface area contributed by atoms with Crippen molar-refractivity contribution in [3.63, 3.8) is 0 Å². The zero-order chi connectivity index (χ0) is 50.5. The Balaban J connectivity index is 1.000. The number of aryl methyl sites for hydroxylation is 1. The summed E-state index contributed by atoms with van der Waals surface area (Å²) < 4.78 is 0. The van der Waals surface area contributed by atoms with E-state index in [0.29, 0.717) is 17.6 Å². The smallest absolute Gasteiger partial charge is 0.165 e. The van der Waals surface area contributed by atoms with Crippen LogP contribution in [0.15, 0.2) is 146 Å². The van der Waals surface area contributed by atoms with Crippen molar-refractivity contribution in [1.82, 2.24) is 19.9 Å². The van der Waals surface area contributed by atoms with E-state index in [2.05, 4.69) is 174 Å². The van der Waals surface area contributed by atoms with Crippen LogP contribution in [0.3, 0.4) is 0 Å². The van der Waals surface area contributed by atoms with E-state index in [1.54, 1.807) is 5.56 Å². The maximum atomic E-state index is 5.21. The van der Waals surface area contributed by atoms with Gasteiger partial charge in [-0.3, -0.25) is 4.98 Å². The van der Waals surface area contributed by atoms with Crippen LogP contribution in [-0.2, 0) is 17.3 Å². The molecule has 0 spiro atoms. The van der Waals surface area contributed by atoms with Gasteiger partial charge in [0.05, 0.1) is 5.69 Å². The number of allylic oxidation sites excluding steroid dienone is 4. The van der Waals surface area contributed by atoms with Crippen LogP contribution >= 0.6 is 0 Å². The van der Waals surface area contributed by atoms with Crippen molar-refractivity contribution in [3.05, 3.63) is 174 Å². The Labute approximate surface area is 439 Å². The van der Waals surface area contributed by atoms with Crippen molar-refractivity contribution in [2.75, 3.05) is 0 Å². The molecule has 0 N–H and O–H groups in total. The molecular formula is C69H82N4. The van der Waals surface area contributed by atoms with E-state index < -0.39 is 0 Å². The van der Waals surface area contributed by atoms with E-state index in [0.717, 1.165) is 29.1 Å². The second-order valence-electron chi connectivity index (χ2n) is 22.7. The van der Waals surface area contributed by atoms with Crippen LogP contribution in [-0.4, -0.2) is 19.9 Å². The predicted octanol–water partition coefficient (Wildman–Crippen LogP) is 19.6. The second kappa shape index (κ2) is 24.8. The molecule has 0 radical (unpaired) electrons. The van der Waals surface area contributed by atoms with Crippen LogP contribution in [0.1, 0.15) is 191 Å². The highest BCUT2D eigenvalue weighted by Crippen LogP contribution is 2.56. The quantitative estimate of drug-likeness (QED) is 0.0536. The molecule has 7 aromatic rings. The summed E-state index contributed by atoms with van der Waals surface area (Å²) in [5.41, 5.74) is 14.1. The summed E-state index contributed by atoms with van der Waals surface area (Å²) >= 11 is 0. The first-order chi connectivity index (χ1) is 35.7. The molecule has 2 heterocycles. The van der Waals surface area contributed by atoms with Gasteiger partial charge in [0, 0.05) is 33.7 Å². The first kappa shape index (κ1) is 51.9. The molecule has 0 bridgehead atoms. The SMILES string of the molecule is CCCCCCCCC1(CCCCCCCC)c2cc(C3=CC=CC(CCCCCCc4ccccc4)C3)ccc2-c2ccc(-c3ccc(-c4nc(-c5ccc6ccccc6c5)nc(C(C)(C)C)n4)cn3)cc21. The number of rotatable bonds is 25. The third kappa shape index (κ3) is 12.9. The van der Waals surface area contributed by atoms with Gasteiger partial charge >= 0.3 is 0 Å². The number of unbranched alkanes of at least 4 members (excludes halogenated alkanes) is 13. The topological polar surface area (TPSA) is 51.6 Å². The van der Waals surface area contributed by atoms with Gasteiger partial charge in [-0.25, -0.2) is 15.0 Å². The van der Waals surface area contributed by atoms with Gasteiger partial charge in [-0.05, 0) is 125 Å². The summed E-state index contributed by atoms with van der Waals surface area (Å²) in [4.78, 5) is 20.4. The zero-order valence-electron chi connectivity index (χ0n) is 45.1. The molecule has 0 saturated carbocycles. The molecule has 2 aromatic heterocycles. The largest absolute Gasteiger partial charge is 0.255 e. The number of pyridine rings is 1. The minimum Gasteiger partial charge on any atom is -0.255 e. The van der Waals surface area contributed by atoms with Gasteiger partial charge in [0.15, 0.2) is 11.6 Å². The van der Waals surface area contributed by atoms with Crippen molar-refractivity contribution < 1.29 is 0 Å². The van der Waals surface area contributed by atoms with E-state index in [4.69, 9.17) is 19.9 Å². The molecule has 378 valence electrons. The summed E-state index contributed by atoms with van der Waals surface area (Å²) in [5, 5.41) is 2.37. The third-order valence-electron chi connectivity index (χ3n) is 16.1. The summed E-state index contributed by atoms with van der Waals surface area (Å²) in [6.45, 7) is 11.2. The molecule has 4 nitrogen and oxygen atoms in total. The molecule has 2 aliphatic rings. The summed E-state index contributed by atoms with van der Waals surface area (Å²) in [6, 6.07) is 45.2. The fourth-order valence-electron chi connectivity index (χ4n) is 11.8. The maximum absolute atomic E-state index is 5.21. The van der Waals surface area contributed by atoms with Gasteiger partial charge < -0.3 is 0 Å². The van der Waals surface area contributed by atoms with Crippen molar-refractivity contribution in [2.45, 2.75) is 180 Å². The predicted molar refractivity (Wildman–Crippen MR) is 311 cm³/mol. The lowest BCUT2D eigenvalue weighted by atomic mass is 9.69. The minimum atomic E-state index is -0.257. The molecular weight excluding hydrogens is 885 g/mol. The molecule has 2 aliphatic carbocycles. The molecule has 0 amide bonds. The highest BCUT2D eigenvalue weighted by atomic mass is 15.0. The number of benzene rings is 5. The van der Waals surface area contributed by atoms with E-state index in [1.807, 2.05) is 6.20 Å². The van der Waals surface area contributed by atoms with E-state index in [1.165, 1.54) is 178 Å². The van der Waals surface area contributed by atoms with Crippen LogP contribution < -0.4 is 0 Å². The van der Waals surface area contributed by atoms with Gasteiger partial charge in [-0.2, -0.15) is 0 Å². The average molecular weight is 967 g/mol. The number of nitrogens with zero attached hydrogens (tertiary/aromatic N) is 4. The van der Waals surface area contributed by atoms with Crippen LogP contribution in [0.4, 0.5) is 0 Å². The van der Waals surface area contributed by atoms with Gasteiger partial charge in [0.2, 0.25) is 0 Å². The molecule has 0 saturated heterocycles. The van der Waals surface area contributed by atoms with Crippen LogP contribution in [0.5, 0.6) is 0 Å². The average Bonchev–Trinajstić information content (AvgIpc) is 3.70. The van der Waals surface area contributed by atoms with Crippen molar-refractivity contribution in [2.24, 2.45) is 5.92 Å². The lowest BCUT2D eigenvalue weighted by Gasteiger charge is -2.33. The van der Waals surface area contributed by atoms with Crippen LogP contribution in [0.2, 0.25) is 0 Å². The third-order valence-corrected chi connectivity index (χ3v) is 16.1. The van der Waals surface area contributed by atoms with Crippen molar-refractivity contribution in [3.8, 4) is 45.2 Å². The molecule has 5 aromatic carbocycles. The molecule has 9 rings (SSSR count). The Bertz CT molecular complexity index is 2940. The Kier molecular flexibility index (Phi) is 17.6. The Morgan fingerprint density at radius 3 is 1.79 bits per heavy atom. The number of aromatic nitrogens is 4. The summed E-state index contributed by atoms with van der Waals surface area (Å²) in [6.07, 6.45) is 36.1. The fraction of sp³-hybridized carbons (Fsp3) is 0.420. The Morgan fingerprint density at radius 1 is 0.521 bits per heavy atom. The van der Waals surface area contributed by atoms with Gasteiger partial charge in [-0.1, -0.05) is 240 Å². The summed E-state index contributed by atoms with van der Waals surface area (Å²) in [7, 11) is 0. The number of hydrogen-bond donors (Lipinski definition) is 0. The monoisotopic (exact) mass is 967 g/mol. The summed E-state index contributed by atoms with van der Waals surface area (Å²) in [5.74, 6) is 2.72. The van der Waals surface area contributed by atoms with E-state index in [-0.39, 0.29) is 10.8 Å². The van der Waals surface area contributed by atoms with E-state index >= 15 is 0 Å². The zero-order valence-corrected chi connectivity index (χ0v) is 45.1. The Morgan fingerprint density at radius 2 is 1.11 bits per heavy atom. The normalized spacial score (nSPS) is 14.9. The molecule has 1 atom stereocenters. The second-order valence-corrected chi connectivity index (χ2v) is 22.7. The first-order valence-electron chi connectivity index (χ1n) is 28.7. The Hall–Kier alpha value is -6.00. The fourth-order valence-corrected chi connectivity index (χ4v) is 11.8. The highest BCUT2D eigenvalue weighted by Gasteiger charge is 2.43. The van der Waals surface area contributed by atoms with Gasteiger partial charge in [0.1, 0.15) is 5.82 Å². The molecule has 1 unspecified atom stereocenters. The van der Waals surface area contributed by atoms with Gasteiger partial charge in [0.25, 0.3) is 0 Å². The van der Waals surface area contributed by atoms with Crippen molar-refractivity contribution >= 4 is 16.3 Å². The number of fused-ring (bicyclic) bond motifs is 4. The molecule has 73 heavy (non-hydrogen) atoms. The maximum Gasteiger partial charge on any atom is 0.165 e. The van der Waals surface area contributed by atoms with Crippen LogP contribution in [0.25, 0.3) is 61.5 Å². The van der Waals surface area contributed by atoms with Crippen molar-refractivity contribution in [1.29, 1.82) is 0 Å².